The predicted molar refractivity (Wildman–Crippen MR) is 79.5 cm³/mol. The maximum absolute atomic E-state index is 11.4. The predicted octanol–water partition coefficient (Wildman–Crippen LogP) is 3.12. The van der Waals surface area contributed by atoms with Gasteiger partial charge < -0.3 is 15.4 Å². The summed E-state index contributed by atoms with van der Waals surface area (Å²) in [4.78, 5) is 11.4. The largest absolute Gasteiger partial charge is 0.383 e. The Morgan fingerprint density at radius 2 is 2.00 bits per heavy atom. The summed E-state index contributed by atoms with van der Waals surface area (Å²) in [6, 6.07) is 8.00. The molecule has 0 saturated carbocycles. The minimum atomic E-state index is 0.0226. The molecule has 0 fully saturated rings. The van der Waals surface area contributed by atoms with Crippen molar-refractivity contribution in [3.63, 3.8) is 0 Å². The third-order valence-electron chi connectivity index (χ3n) is 2.97. The van der Waals surface area contributed by atoms with E-state index in [-0.39, 0.29) is 11.9 Å². The Hall–Kier alpha value is -1.55. The van der Waals surface area contributed by atoms with E-state index >= 15 is 0 Å². The Morgan fingerprint density at radius 3 is 2.58 bits per heavy atom. The van der Waals surface area contributed by atoms with Gasteiger partial charge in [0.1, 0.15) is 0 Å². The molecule has 0 saturated heterocycles. The van der Waals surface area contributed by atoms with E-state index in [9.17, 15) is 4.79 Å². The molecule has 1 aromatic rings. The number of rotatable bonds is 7. The van der Waals surface area contributed by atoms with Crippen LogP contribution in [0.5, 0.6) is 0 Å². The molecule has 1 amide bonds. The molecule has 4 nitrogen and oxygen atoms in total. The Balaban J connectivity index is 2.72. The van der Waals surface area contributed by atoms with Gasteiger partial charge in [-0.3, -0.25) is 4.79 Å². The molecular formula is C15H24N2O2. The van der Waals surface area contributed by atoms with Crippen LogP contribution in [0.3, 0.4) is 0 Å². The van der Waals surface area contributed by atoms with Gasteiger partial charge in [0, 0.05) is 24.9 Å². The van der Waals surface area contributed by atoms with Gasteiger partial charge in [0.05, 0.1) is 12.6 Å². The van der Waals surface area contributed by atoms with E-state index in [2.05, 4.69) is 24.5 Å². The lowest BCUT2D eigenvalue weighted by atomic mass is 10.0. The zero-order chi connectivity index (χ0) is 14.3. The van der Waals surface area contributed by atoms with Crippen molar-refractivity contribution in [1.29, 1.82) is 0 Å². The Labute approximate surface area is 115 Å². The zero-order valence-corrected chi connectivity index (χ0v) is 12.2. The molecule has 0 spiro atoms. The standard InChI is InChI=1S/C15H24N2O2/c1-5-15(18)17-13-8-6-7-12(9-13)16-14(10-19-4)11(2)3/h6-9,11,14,16H,5,10H2,1-4H3,(H,17,18). The second-order valence-electron chi connectivity index (χ2n) is 4.93. The van der Waals surface area contributed by atoms with Crippen molar-refractivity contribution in [2.24, 2.45) is 5.92 Å². The van der Waals surface area contributed by atoms with Gasteiger partial charge in [-0.2, -0.15) is 0 Å². The smallest absolute Gasteiger partial charge is 0.224 e. The first kappa shape index (κ1) is 15.5. The highest BCUT2D eigenvalue weighted by Gasteiger charge is 2.12. The van der Waals surface area contributed by atoms with Gasteiger partial charge in [-0.15, -0.1) is 0 Å². The molecule has 1 aromatic carbocycles. The van der Waals surface area contributed by atoms with Crippen molar-refractivity contribution >= 4 is 17.3 Å². The topological polar surface area (TPSA) is 50.4 Å². The monoisotopic (exact) mass is 264 g/mol. The van der Waals surface area contributed by atoms with Crippen molar-refractivity contribution in [1.82, 2.24) is 0 Å². The number of carbonyl (C=O) groups excluding carboxylic acids is 1. The lowest BCUT2D eigenvalue weighted by Crippen LogP contribution is -2.30. The molecule has 0 radical (unpaired) electrons. The second kappa shape index (κ2) is 7.79. The number of benzene rings is 1. The van der Waals surface area contributed by atoms with Gasteiger partial charge in [0.2, 0.25) is 5.91 Å². The number of anilines is 2. The molecule has 106 valence electrons. The van der Waals surface area contributed by atoms with E-state index in [1.807, 2.05) is 31.2 Å². The third kappa shape index (κ3) is 5.30. The Kier molecular flexibility index (Phi) is 6.36. The van der Waals surface area contributed by atoms with Gasteiger partial charge in [-0.05, 0) is 24.1 Å². The summed E-state index contributed by atoms with van der Waals surface area (Å²) in [5, 5.41) is 6.29. The van der Waals surface area contributed by atoms with E-state index in [0.29, 0.717) is 18.9 Å². The molecular weight excluding hydrogens is 240 g/mol. The molecule has 1 atom stereocenters. The van der Waals surface area contributed by atoms with Crippen LogP contribution in [0.25, 0.3) is 0 Å². The van der Waals surface area contributed by atoms with E-state index in [1.54, 1.807) is 7.11 Å². The minimum absolute atomic E-state index is 0.0226. The molecule has 19 heavy (non-hydrogen) atoms. The minimum Gasteiger partial charge on any atom is -0.383 e. The summed E-state index contributed by atoms with van der Waals surface area (Å²) in [5.74, 6) is 0.489. The summed E-state index contributed by atoms with van der Waals surface area (Å²) in [5.41, 5.74) is 1.81. The fourth-order valence-corrected chi connectivity index (χ4v) is 1.73. The molecule has 0 aliphatic carbocycles. The number of amides is 1. The summed E-state index contributed by atoms with van der Waals surface area (Å²) >= 11 is 0. The first-order valence-electron chi connectivity index (χ1n) is 6.72. The van der Waals surface area contributed by atoms with E-state index in [4.69, 9.17) is 4.74 Å². The van der Waals surface area contributed by atoms with Crippen molar-refractivity contribution in [2.75, 3.05) is 24.4 Å². The van der Waals surface area contributed by atoms with Gasteiger partial charge >= 0.3 is 0 Å². The number of hydrogen-bond donors (Lipinski definition) is 2. The van der Waals surface area contributed by atoms with Crippen LogP contribution < -0.4 is 10.6 Å². The van der Waals surface area contributed by atoms with Crippen LogP contribution in [0.15, 0.2) is 24.3 Å². The van der Waals surface area contributed by atoms with Crippen LogP contribution >= 0.6 is 0 Å². The van der Waals surface area contributed by atoms with Crippen molar-refractivity contribution < 1.29 is 9.53 Å². The molecule has 2 N–H and O–H groups in total. The average Bonchev–Trinajstić information content (AvgIpc) is 2.38. The third-order valence-corrected chi connectivity index (χ3v) is 2.97. The number of nitrogens with one attached hydrogen (secondary N) is 2. The maximum atomic E-state index is 11.4. The van der Waals surface area contributed by atoms with Crippen molar-refractivity contribution in [2.45, 2.75) is 33.2 Å². The van der Waals surface area contributed by atoms with Crippen LogP contribution in [0.1, 0.15) is 27.2 Å². The van der Waals surface area contributed by atoms with E-state index in [1.165, 1.54) is 0 Å². The van der Waals surface area contributed by atoms with Crippen LogP contribution in [0.4, 0.5) is 11.4 Å². The van der Waals surface area contributed by atoms with Gasteiger partial charge in [-0.1, -0.05) is 26.8 Å². The summed E-state index contributed by atoms with van der Waals surface area (Å²) < 4.78 is 5.22. The quantitative estimate of drug-likeness (QED) is 0.795. The first-order chi connectivity index (χ1) is 9.06. The number of ether oxygens (including phenoxy) is 1. The molecule has 4 heteroatoms. The molecule has 0 aliphatic heterocycles. The molecule has 1 unspecified atom stereocenters. The Morgan fingerprint density at radius 1 is 1.32 bits per heavy atom. The average molecular weight is 264 g/mol. The van der Waals surface area contributed by atoms with Crippen molar-refractivity contribution in [3.05, 3.63) is 24.3 Å². The summed E-state index contributed by atoms with van der Waals surface area (Å²) in [6.45, 7) is 6.80. The fourth-order valence-electron chi connectivity index (χ4n) is 1.73. The van der Waals surface area contributed by atoms with Crippen LogP contribution in [0.2, 0.25) is 0 Å². The Bertz CT molecular complexity index is 405. The van der Waals surface area contributed by atoms with Crippen LogP contribution in [0, 0.1) is 5.92 Å². The SMILES string of the molecule is CCC(=O)Nc1cccc(NC(COC)C(C)C)c1. The molecule has 0 bridgehead atoms. The summed E-state index contributed by atoms with van der Waals surface area (Å²) in [7, 11) is 1.70. The normalized spacial score (nSPS) is 12.3. The number of methoxy groups -OCH3 is 1. The van der Waals surface area contributed by atoms with Gasteiger partial charge in [-0.25, -0.2) is 0 Å². The zero-order valence-electron chi connectivity index (χ0n) is 12.2. The number of carbonyl (C=O) groups is 1. The van der Waals surface area contributed by atoms with Gasteiger partial charge in [0.25, 0.3) is 0 Å². The molecule has 0 aliphatic rings. The summed E-state index contributed by atoms with van der Waals surface area (Å²) in [6.07, 6.45) is 0.482. The highest BCUT2D eigenvalue weighted by Crippen LogP contribution is 2.18. The first-order valence-corrected chi connectivity index (χ1v) is 6.72. The number of hydrogen-bond acceptors (Lipinski definition) is 3. The molecule has 0 aromatic heterocycles. The fraction of sp³-hybridized carbons (Fsp3) is 0.533. The second-order valence-corrected chi connectivity index (χ2v) is 4.93. The van der Waals surface area contributed by atoms with Crippen molar-refractivity contribution in [3.8, 4) is 0 Å². The molecule has 0 heterocycles. The lowest BCUT2D eigenvalue weighted by molar-refractivity contribution is -0.115. The lowest BCUT2D eigenvalue weighted by Gasteiger charge is -2.23. The molecule has 1 rings (SSSR count). The highest BCUT2D eigenvalue weighted by atomic mass is 16.5. The van der Waals surface area contributed by atoms with Crippen LogP contribution in [-0.2, 0) is 9.53 Å². The van der Waals surface area contributed by atoms with Crippen LogP contribution in [-0.4, -0.2) is 25.7 Å². The highest BCUT2D eigenvalue weighted by molar-refractivity contribution is 5.90. The maximum Gasteiger partial charge on any atom is 0.224 e. The van der Waals surface area contributed by atoms with E-state index < -0.39 is 0 Å². The van der Waals surface area contributed by atoms with E-state index in [0.717, 1.165) is 11.4 Å². The van der Waals surface area contributed by atoms with Gasteiger partial charge in [0.15, 0.2) is 0 Å².